The van der Waals surface area contributed by atoms with Gasteiger partial charge in [-0.25, -0.2) is 0 Å². The summed E-state index contributed by atoms with van der Waals surface area (Å²) < 4.78 is 31.6. The van der Waals surface area contributed by atoms with E-state index in [1.54, 1.807) is 6.07 Å². The fraction of sp³-hybridized carbons (Fsp3) is 0.286. The summed E-state index contributed by atoms with van der Waals surface area (Å²) in [5.74, 6) is -0.908. The van der Waals surface area contributed by atoms with Gasteiger partial charge in [0.25, 0.3) is 0 Å². The van der Waals surface area contributed by atoms with Gasteiger partial charge in [-0.15, -0.1) is 0 Å². The third kappa shape index (κ3) is 1.73. The van der Waals surface area contributed by atoms with Crippen molar-refractivity contribution in [2.75, 3.05) is 6.54 Å². The van der Waals surface area contributed by atoms with E-state index in [0.29, 0.717) is 11.6 Å². The van der Waals surface area contributed by atoms with E-state index in [0.717, 1.165) is 24.1 Å². The minimum absolute atomic E-state index is 0.206. The number of furan rings is 1. The number of halogens is 2. The van der Waals surface area contributed by atoms with E-state index in [9.17, 15) is 8.78 Å². The Kier molecular flexibility index (Phi) is 2.67. The molecule has 94 valence electrons. The number of fused-ring (bicyclic) bond motifs is 1. The number of para-hydroxylation sites is 1. The van der Waals surface area contributed by atoms with Gasteiger partial charge >= 0.3 is 6.01 Å². The van der Waals surface area contributed by atoms with E-state index < -0.39 is 11.8 Å². The molecule has 1 aromatic heterocycles. The standard InChI is InChI=1S/C14H13F2NO/c1-8-7-9(5-6-17-8)10-3-2-4-11-12(15)14(16)18-13(10)11/h2-5,8,17H,6-7H2,1H3. The molecule has 0 spiro atoms. The van der Waals surface area contributed by atoms with Crippen LogP contribution in [0.2, 0.25) is 0 Å². The van der Waals surface area contributed by atoms with Gasteiger partial charge in [-0.1, -0.05) is 18.2 Å². The molecule has 2 aromatic rings. The zero-order valence-electron chi connectivity index (χ0n) is 9.97. The maximum absolute atomic E-state index is 13.5. The SMILES string of the molecule is CC1CC(c2cccc3c(F)c(F)oc23)=CCN1. The van der Waals surface area contributed by atoms with Crippen LogP contribution < -0.4 is 5.32 Å². The second-order valence-corrected chi connectivity index (χ2v) is 4.61. The van der Waals surface area contributed by atoms with Crippen LogP contribution in [0, 0.1) is 11.8 Å². The highest BCUT2D eigenvalue weighted by atomic mass is 19.2. The molecule has 0 fully saturated rings. The molecule has 2 heterocycles. The van der Waals surface area contributed by atoms with Crippen molar-refractivity contribution in [3.63, 3.8) is 0 Å². The van der Waals surface area contributed by atoms with Gasteiger partial charge in [0, 0.05) is 18.2 Å². The maximum Gasteiger partial charge on any atom is 0.315 e. The lowest BCUT2D eigenvalue weighted by Crippen LogP contribution is -2.29. The van der Waals surface area contributed by atoms with Crippen molar-refractivity contribution in [1.82, 2.24) is 5.32 Å². The van der Waals surface area contributed by atoms with E-state index in [1.165, 1.54) is 6.07 Å². The van der Waals surface area contributed by atoms with Crippen molar-refractivity contribution in [2.24, 2.45) is 0 Å². The zero-order chi connectivity index (χ0) is 12.7. The maximum atomic E-state index is 13.5. The molecule has 0 saturated heterocycles. The second-order valence-electron chi connectivity index (χ2n) is 4.61. The Balaban J connectivity index is 2.17. The Morgan fingerprint density at radius 3 is 2.94 bits per heavy atom. The van der Waals surface area contributed by atoms with Gasteiger partial charge in [0.1, 0.15) is 5.58 Å². The largest absolute Gasteiger partial charge is 0.428 e. The predicted octanol–water partition coefficient (Wildman–Crippen LogP) is 3.48. The highest BCUT2D eigenvalue weighted by molar-refractivity contribution is 5.90. The molecule has 0 saturated carbocycles. The van der Waals surface area contributed by atoms with Gasteiger partial charge in [-0.05, 0) is 25.0 Å². The molecule has 0 radical (unpaired) electrons. The van der Waals surface area contributed by atoms with E-state index in [-0.39, 0.29) is 5.39 Å². The average Bonchev–Trinajstić information content (AvgIpc) is 2.65. The second kappa shape index (κ2) is 4.21. The molecule has 1 unspecified atom stereocenters. The molecular weight excluding hydrogens is 236 g/mol. The van der Waals surface area contributed by atoms with Crippen LogP contribution in [0.5, 0.6) is 0 Å². The molecule has 1 atom stereocenters. The summed E-state index contributed by atoms with van der Waals surface area (Å²) >= 11 is 0. The van der Waals surface area contributed by atoms with E-state index >= 15 is 0 Å². The van der Waals surface area contributed by atoms with E-state index in [4.69, 9.17) is 4.42 Å². The molecule has 1 aromatic carbocycles. The van der Waals surface area contributed by atoms with E-state index in [2.05, 4.69) is 12.2 Å². The zero-order valence-corrected chi connectivity index (χ0v) is 9.97. The lowest BCUT2D eigenvalue weighted by molar-refractivity contribution is 0.342. The first-order valence-electron chi connectivity index (χ1n) is 5.96. The predicted molar refractivity (Wildman–Crippen MR) is 66.2 cm³/mol. The number of benzene rings is 1. The monoisotopic (exact) mass is 249 g/mol. The molecule has 1 aliphatic heterocycles. The number of hydrogen-bond acceptors (Lipinski definition) is 2. The van der Waals surface area contributed by atoms with Crippen LogP contribution in [-0.4, -0.2) is 12.6 Å². The summed E-state index contributed by atoms with van der Waals surface area (Å²) in [6.07, 6.45) is 2.86. The highest BCUT2D eigenvalue weighted by Gasteiger charge is 2.20. The third-order valence-electron chi connectivity index (χ3n) is 3.30. The topological polar surface area (TPSA) is 25.2 Å². The summed E-state index contributed by atoms with van der Waals surface area (Å²) in [5, 5.41) is 3.50. The molecular formula is C14H13F2NO. The molecule has 3 rings (SSSR count). The van der Waals surface area contributed by atoms with Crippen molar-refractivity contribution >= 4 is 16.5 Å². The Morgan fingerprint density at radius 1 is 1.33 bits per heavy atom. The van der Waals surface area contributed by atoms with Crippen LogP contribution in [0.1, 0.15) is 18.9 Å². The Bertz CT molecular complexity index is 630. The van der Waals surface area contributed by atoms with Crippen LogP contribution in [0.15, 0.2) is 28.7 Å². The molecule has 0 aliphatic carbocycles. The van der Waals surface area contributed by atoms with Crippen molar-refractivity contribution in [3.8, 4) is 0 Å². The third-order valence-corrected chi connectivity index (χ3v) is 3.30. The lowest BCUT2D eigenvalue weighted by Gasteiger charge is -2.20. The number of nitrogens with one attached hydrogen (secondary N) is 1. The fourth-order valence-corrected chi connectivity index (χ4v) is 2.40. The van der Waals surface area contributed by atoms with Gasteiger partial charge in [-0.3, -0.25) is 0 Å². The summed E-state index contributed by atoms with van der Waals surface area (Å²) in [4.78, 5) is 0. The van der Waals surface area contributed by atoms with Crippen LogP contribution in [0.4, 0.5) is 8.78 Å². The minimum atomic E-state index is -1.14. The molecule has 1 aliphatic rings. The molecule has 2 nitrogen and oxygen atoms in total. The van der Waals surface area contributed by atoms with Gasteiger partial charge in [-0.2, -0.15) is 8.78 Å². The van der Waals surface area contributed by atoms with Gasteiger partial charge in [0.05, 0.1) is 5.39 Å². The van der Waals surface area contributed by atoms with Crippen molar-refractivity contribution in [3.05, 3.63) is 41.7 Å². The summed E-state index contributed by atoms with van der Waals surface area (Å²) in [5.41, 5.74) is 2.15. The molecule has 0 amide bonds. The molecule has 18 heavy (non-hydrogen) atoms. The smallest absolute Gasteiger partial charge is 0.315 e. The fourth-order valence-electron chi connectivity index (χ4n) is 2.40. The number of hydrogen-bond donors (Lipinski definition) is 1. The van der Waals surface area contributed by atoms with Gasteiger partial charge < -0.3 is 9.73 Å². The van der Waals surface area contributed by atoms with E-state index in [1.807, 2.05) is 12.1 Å². The molecule has 4 heteroatoms. The summed E-state index contributed by atoms with van der Waals surface area (Å²) in [6, 6.07) is 4.31. The van der Waals surface area contributed by atoms with Crippen molar-refractivity contribution in [2.45, 2.75) is 19.4 Å². The highest BCUT2D eigenvalue weighted by Crippen LogP contribution is 2.32. The first kappa shape index (κ1) is 11.4. The van der Waals surface area contributed by atoms with Crippen LogP contribution in [0.3, 0.4) is 0 Å². The molecule has 1 N–H and O–H groups in total. The van der Waals surface area contributed by atoms with Crippen molar-refractivity contribution < 1.29 is 13.2 Å². The van der Waals surface area contributed by atoms with Gasteiger partial charge in [0.15, 0.2) is 0 Å². The first-order chi connectivity index (χ1) is 8.66. The molecule has 0 bridgehead atoms. The first-order valence-corrected chi connectivity index (χ1v) is 5.96. The minimum Gasteiger partial charge on any atom is -0.428 e. The average molecular weight is 249 g/mol. The Morgan fingerprint density at radius 2 is 2.17 bits per heavy atom. The van der Waals surface area contributed by atoms with Crippen molar-refractivity contribution in [1.29, 1.82) is 0 Å². The van der Waals surface area contributed by atoms with Crippen LogP contribution >= 0.6 is 0 Å². The normalized spacial score (nSPS) is 20.2. The lowest BCUT2D eigenvalue weighted by atomic mass is 9.95. The van der Waals surface area contributed by atoms with Crippen LogP contribution in [-0.2, 0) is 0 Å². The summed E-state index contributed by atoms with van der Waals surface area (Å²) in [7, 11) is 0. The number of rotatable bonds is 1. The van der Waals surface area contributed by atoms with Crippen LogP contribution in [0.25, 0.3) is 16.5 Å². The Hall–Kier alpha value is -1.68. The quantitative estimate of drug-likeness (QED) is 0.837. The Labute approximate surface area is 103 Å². The summed E-state index contributed by atoms with van der Waals surface area (Å²) in [6.45, 7) is 2.84. The van der Waals surface area contributed by atoms with Gasteiger partial charge in [0.2, 0.25) is 5.82 Å².